The zero-order valence-corrected chi connectivity index (χ0v) is 18.4. The zero-order chi connectivity index (χ0) is 20.1. The van der Waals surface area contributed by atoms with Gasteiger partial charge in [0.25, 0.3) is 0 Å². The van der Waals surface area contributed by atoms with E-state index in [0.717, 1.165) is 12.8 Å². The molecule has 1 fully saturated rings. The standard InChI is InChI=1S/C27H39N/c1-20(2)24-13-15-25(16-14-24)27(28-17-8-6-7-9-18-28)23(5)19-26-21(3)11-10-12-22(26)4/h10-12,15,24,27H,1,5-9,13-14,16-19H2,2-4H3/t24-,27?/m1/s1. The maximum Gasteiger partial charge on any atom is 0.0521 e. The Morgan fingerprint density at radius 2 is 1.71 bits per heavy atom. The molecular weight excluding hydrogens is 338 g/mol. The van der Waals surface area contributed by atoms with Crippen molar-refractivity contribution in [2.45, 2.75) is 78.2 Å². The summed E-state index contributed by atoms with van der Waals surface area (Å²) >= 11 is 0. The zero-order valence-electron chi connectivity index (χ0n) is 18.4. The first kappa shape index (κ1) is 21.1. The number of hydrogen-bond acceptors (Lipinski definition) is 1. The van der Waals surface area contributed by atoms with E-state index in [9.17, 15) is 0 Å². The van der Waals surface area contributed by atoms with Gasteiger partial charge in [-0.25, -0.2) is 0 Å². The molecule has 0 radical (unpaired) electrons. The van der Waals surface area contributed by atoms with Gasteiger partial charge in [0.1, 0.15) is 0 Å². The average molecular weight is 378 g/mol. The van der Waals surface area contributed by atoms with Crippen LogP contribution < -0.4 is 0 Å². The highest BCUT2D eigenvalue weighted by Gasteiger charge is 2.28. The molecule has 0 bridgehead atoms. The van der Waals surface area contributed by atoms with Crippen molar-refractivity contribution in [3.05, 3.63) is 70.8 Å². The Morgan fingerprint density at radius 1 is 1.07 bits per heavy atom. The normalized spacial score (nSPS) is 22.2. The monoisotopic (exact) mass is 377 g/mol. The van der Waals surface area contributed by atoms with Gasteiger partial charge in [-0.15, -0.1) is 0 Å². The molecule has 1 saturated heterocycles. The lowest BCUT2D eigenvalue weighted by Crippen LogP contribution is -2.40. The van der Waals surface area contributed by atoms with Gasteiger partial charge in [-0.1, -0.05) is 67.0 Å². The molecule has 3 rings (SSSR count). The second kappa shape index (κ2) is 9.74. The van der Waals surface area contributed by atoms with Crippen molar-refractivity contribution in [2.75, 3.05) is 13.1 Å². The summed E-state index contributed by atoms with van der Waals surface area (Å²) in [5.74, 6) is 0.667. The second-order valence-corrected chi connectivity index (χ2v) is 9.15. The van der Waals surface area contributed by atoms with Crippen LogP contribution in [0.4, 0.5) is 0 Å². The summed E-state index contributed by atoms with van der Waals surface area (Å²) in [7, 11) is 0. The SMILES string of the molecule is C=C(Cc1c(C)cccc1C)C(C1=CC[C@@H](C(=C)C)CC1)N1CCCCCC1. The summed E-state index contributed by atoms with van der Waals surface area (Å²) in [4.78, 5) is 2.75. The molecule has 0 N–H and O–H groups in total. The predicted octanol–water partition coefficient (Wildman–Crippen LogP) is 6.95. The minimum absolute atomic E-state index is 0.420. The van der Waals surface area contributed by atoms with Crippen LogP contribution in [0.1, 0.15) is 68.6 Å². The van der Waals surface area contributed by atoms with E-state index < -0.39 is 0 Å². The molecule has 1 unspecified atom stereocenters. The lowest BCUT2D eigenvalue weighted by molar-refractivity contribution is 0.244. The van der Waals surface area contributed by atoms with Crippen LogP contribution in [-0.2, 0) is 6.42 Å². The summed E-state index contributed by atoms with van der Waals surface area (Å²) in [5, 5.41) is 0. The van der Waals surface area contributed by atoms with Crippen molar-refractivity contribution in [2.24, 2.45) is 5.92 Å². The Balaban J connectivity index is 1.85. The molecule has 1 aliphatic heterocycles. The van der Waals surface area contributed by atoms with Gasteiger partial charge in [0.05, 0.1) is 6.04 Å². The van der Waals surface area contributed by atoms with Crippen molar-refractivity contribution < 1.29 is 0 Å². The van der Waals surface area contributed by atoms with E-state index in [1.807, 2.05) is 0 Å². The van der Waals surface area contributed by atoms with Crippen molar-refractivity contribution in [1.29, 1.82) is 0 Å². The Kier molecular flexibility index (Phi) is 7.35. The molecule has 152 valence electrons. The van der Waals surface area contributed by atoms with Crippen molar-refractivity contribution in [3.8, 4) is 0 Å². The van der Waals surface area contributed by atoms with Crippen LogP contribution in [-0.4, -0.2) is 24.0 Å². The van der Waals surface area contributed by atoms with E-state index in [-0.39, 0.29) is 0 Å². The highest BCUT2D eigenvalue weighted by molar-refractivity contribution is 5.39. The first-order chi connectivity index (χ1) is 13.5. The molecule has 0 aromatic heterocycles. The van der Waals surface area contributed by atoms with Gasteiger partial charge in [0.15, 0.2) is 0 Å². The fourth-order valence-electron chi connectivity index (χ4n) is 5.11. The Morgan fingerprint density at radius 3 is 2.25 bits per heavy atom. The molecule has 0 saturated carbocycles. The third-order valence-electron chi connectivity index (χ3n) is 6.93. The maximum absolute atomic E-state index is 4.67. The van der Waals surface area contributed by atoms with Gasteiger partial charge in [0.2, 0.25) is 0 Å². The summed E-state index contributed by atoms with van der Waals surface area (Å²) in [5.41, 5.74) is 8.63. The summed E-state index contributed by atoms with van der Waals surface area (Å²) in [6, 6.07) is 7.08. The Hall–Kier alpha value is -1.60. The summed E-state index contributed by atoms with van der Waals surface area (Å²) in [6.45, 7) is 18.0. The second-order valence-electron chi connectivity index (χ2n) is 9.15. The number of benzene rings is 1. The van der Waals surface area contributed by atoms with E-state index in [0.29, 0.717) is 12.0 Å². The van der Waals surface area contributed by atoms with Gasteiger partial charge in [-0.05, 0) is 95.0 Å². The van der Waals surface area contributed by atoms with Crippen LogP contribution >= 0.6 is 0 Å². The van der Waals surface area contributed by atoms with Gasteiger partial charge in [-0.2, -0.15) is 0 Å². The third-order valence-corrected chi connectivity index (χ3v) is 6.93. The van der Waals surface area contributed by atoms with E-state index in [1.165, 1.54) is 79.5 Å². The molecule has 1 heteroatoms. The van der Waals surface area contributed by atoms with E-state index >= 15 is 0 Å². The summed E-state index contributed by atoms with van der Waals surface area (Å²) < 4.78 is 0. The van der Waals surface area contributed by atoms with Crippen LogP contribution in [0, 0.1) is 19.8 Å². The lowest BCUT2D eigenvalue weighted by Gasteiger charge is -2.37. The van der Waals surface area contributed by atoms with Crippen LogP contribution in [0.2, 0.25) is 0 Å². The van der Waals surface area contributed by atoms with E-state index in [2.05, 4.69) is 63.1 Å². The molecular formula is C27H39N. The van der Waals surface area contributed by atoms with Crippen LogP contribution in [0.25, 0.3) is 0 Å². The van der Waals surface area contributed by atoms with E-state index in [4.69, 9.17) is 0 Å². The number of likely N-dealkylation sites (tertiary alicyclic amines) is 1. The van der Waals surface area contributed by atoms with Crippen LogP contribution in [0.3, 0.4) is 0 Å². The maximum atomic E-state index is 4.67. The first-order valence-electron chi connectivity index (χ1n) is 11.3. The molecule has 28 heavy (non-hydrogen) atoms. The van der Waals surface area contributed by atoms with Gasteiger partial charge in [-0.3, -0.25) is 4.90 Å². The molecule has 0 amide bonds. The highest BCUT2D eigenvalue weighted by atomic mass is 15.2. The van der Waals surface area contributed by atoms with Gasteiger partial charge in [0, 0.05) is 0 Å². The minimum Gasteiger partial charge on any atom is -0.293 e. The van der Waals surface area contributed by atoms with Crippen LogP contribution in [0.5, 0.6) is 0 Å². The molecule has 2 aliphatic rings. The molecule has 1 aliphatic carbocycles. The van der Waals surface area contributed by atoms with Crippen LogP contribution in [0.15, 0.2) is 54.2 Å². The Bertz CT molecular complexity index is 710. The van der Waals surface area contributed by atoms with Crippen molar-refractivity contribution >= 4 is 0 Å². The molecule has 1 heterocycles. The molecule has 1 nitrogen and oxygen atoms in total. The lowest BCUT2D eigenvalue weighted by atomic mass is 9.80. The smallest absolute Gasteiger partial charge is 0.0521 e. The van der Waals surface area contributed by atoms with Crippen molar-refractivity contribution in [1.82, 2.24) is 4.90 Å². The topological polar surface area (TPSA) is 3.24 Å². The van der Waals surface area contributed by atoms with Gasteiger partial charge < -0.3 is 0 Å². The number of aryl methyl sites for hydroxylation is 2. The number of allylic oxidation sites excluding steroid dienone is 2. The number of nitrogens with zero attached hydrogens (tertiary/aromatic N) is 1. The van der Waals surface area contributed by atoms with E-state index in [1.54, 1.807) is 5.57 Å². The molecule has 1 aromatic rings. The molecule has 1 aromatic carbocycles. The fourth-order valence-corrected chi connectivity index (χ4v) is 5.11. The predicted molar refractivity (Wildman–Crippen MR) is 123 cm³/mol. The highest BCUT2D eigenvalue weighted by Crippen LogP contribution is 2.35. The average Bonchev–Trinajstić information content (AvgIpc) is 2.95. The van der Waals surface area contributed by atoms with Crippen molar-refractivity contribution in [3.63, 3.8) is 0 Å². The molecule has 2 atom stereocenters. The fraction of sp³-hybridized carbons (Fsp3) is 0.556. The molecule has 0 spiro atoms. The van der Waals surface area contributed by atoms with Gasteiger partial charge >= 0.3 is 0 Å². The minimum atomic E-state index is 0.420. The first-order valence-corrected chi connectivity index (χ1v) is 11.3. The third kappa shape index (κ3) is 5.06. The summed E-state index contributed by atoms with van der Waals surface area (Å²) in [6.07, 6.45) is 12.6. The number of rotatable bonds is 6. The Labute approximate surface area is 173 Å². The largest absolute Gasteiger partial charge is 0.293 e. The number of hydrogen-bond donors (Lipinski definition) is 0. The quantitative estimate of drug-likeness (QED) is 0.485.